The number of aromatic nitrogens is 1. The van der Waals surface area contributed by atoms with E-state index in [0.29, 0.717) is 49.5 Å². The summed E-state index contributed by atoms with van der Waals surface area (Å²) in [4.78, 5) is 62.5. The van der Waals surface area contributed by atoms with Gasteiger partial charge in [0.25, 0.3) is 5.91 Å². The second-order valence-corrected chi connectivity index (χ2v) is 19.5. The molecular weight excluding hydrogens is 768 g/mol. The van der Waals surface area contributed by atoms with Gasteiger partial charge in [-0.15, -0.1) is 0 Å². The fraction of sp³-hybridized carbons (Fsp3) is 0.625. The zero-order valence-electron chi connectivity index (χ0n) is 32.6. The molecule has 310 valence electrons. The molecule has 1 aromatic heterocycles. The maximum atomic E-state index is 14.9. The molecule has 5 atom stereocenters. The minimum absolute atomic E-state index is 0.0135. The molecule has 0 unspecified atom stereocenters. The Labute approximate surface area is 329 Å². The molecule has 5 aliphatic rings. The first-order valence-corrected chi connectivity index (χ1v) is 21.2. The van der Waals surface area contributed by atoms with Crippen molar-refractivity contribution < 1.29 is 50.6 Å². The first kappa shape index (κ1) is 40.8. The van der Waals surface area contributed by atoms with Crippen molar-refractivity contribution in [3.8, 4) is 5.75 Å². The summed E-state index contributed by atoms with van der Waals surface area (Å²) in [7, 11) is -4.10. The van der Waals surface area contributed by atoms with Gasteiger partial charge in [-0.2, -0.15) is 13.2 Å². The smallest absolute Gasteiger partial charge is 0.437 e. The molecule has 17 heteroatoms. The SMILES string of the molecule is Cc1ccc2nc(C(F)(F)F)c3c(c2c1)CC[C@]1(C[C@H]2C(=O)N[C@]4(C(=O)NS(=O)(=O)C5(C)CC5)C[C@H]4/C=C\CCCCC[C@H](N(CC(C)C)C(=O)O)C(=O)N2C1)O3. The predicted octanol–water partition coefficient (Wildman–Crippen LogP) is 5.63. The molecular formula is C40H50F3N5O8S. The number of amides is 4. The standard InChI is InChI=1S/C40H50F3N5O8S/c1-23(2)21-47(36(52)53)29-11-9-7-5-6-8-10-25-19-39(25,35(51)46-57(54,55)37(4)16-17-37)45-33(49)30-20-38(22-48(30)34(29)50)15-14-26-27-18-24(3)12-13-28(27)44-32(31(26)56-38)40(41,42)43/h8,10,12-13,18,23,25,29-30H,5-7,9,11,14-17,19-22H2,1-4H3,(H,45,49)(H,46,51)(H,52,53)/b10-8-/t25-,29+,30+,38-,39-/m1/s1. The van der Waals surface area contributed by atoms with Crippen LogP contribution in [0.5, 0.6) is 5.75 Å². The Morgan fingerprint density at radius 1 is 1.14 bits per heavy atom. The highest BCUT2D eigenvalue weighted by atomic mass is 32.2. The molecule has 3 fully saturated rings. The van der Waals surface area contributed by atoms with Crippen LogP contribution >= 0.6 is 0 Å². The van der Waals surface area contributed by atoms with Crippen molar-refractivity contribution in [2.45, 2.75) is 132 Å². The van der Waals surface area contributed by atoms with Crippen LogP contribution in [0.25, 0.3) is 10.9 Å². The fourth-order valence-corrected chi connectivity index (χ4v) is 10.0. The highest BCUT2D eigenvalue weighted by Crippen LogP contribution is 2.50. The molecule has 4 heterocycles. The second-order valence-electron chi connectivity index (χ2n) is 17.3. The number of ether oxygens (including phenoxy) is 1. The van der Waals surface area contributed by atoms with E-state index in [1.165, 1.54) is 17.9 Å². The van der Waals surface area contributed by atoms with Gasteiger partial charge in [0, 0.05) is 29.8 Å². The molecule has 0 bridgehead atoms. The lowest BCUT2D eigenvalue weighted by molar-refractivity contribution is -0.145. The predicted molar refractivity (Wildman–Crippen MR) is 203 cm³/mol. The molecule has 4 amide bonds. The minimum atomic E-state index is -4.91. The summed E-state index contributed by atoms with van der Waals surface area (Å²) in [6.07, 6.45) is 0.729. The second kappa shape index (κ2) is 14.5. The zero-order valence-corrected chi connectivity index (χ0v) is 33.4. The highest BCUT2D eigenvalue weighted by Gasteiger charge is 2.64. The lowest BCUT2D eigenvalue weighted by atomic mass is 9.86. The van der Waals surface area contributed by atoms with Crippen LogP contribution < -0.4 is 14.8 Å². The van der Waals surface area contributed by atoms with Gasteiger partial charge in [0.2, 0.25) is 21.8 Å². The van der Waals surface area contributed by atoms with Gasteiger partial charge in [-0.25, -0.2) is 18.2 Å². The Kier molecular flexibility index (Phi) is 10.3. The Morgan fingerprint density at radius 2 is 1.88 bits per heavy atom. The van der Waals surface area contributed by atoms with E-state index in [2.05, 4.69) is 15.0 Å². The van der Waals surface area contributed by atoms with E-state index in [9.17, 15) is 45.9 Å². The molecule has 2 aromatic rings. The normalized spacial score (nSPS) is 29.3. The van der Waals surface area contributed by atoms with Crippen LogP contribution in [0.15, 0.2) is 30.4 Å². The Morgan fingerprint density at radius 3 is 2.54 bits per heavy atom. The van der Waals surface area contributed by atoms with Gasteiger partial charge < -0.3 is 20.1 Å². The van der Waals surface area contributed by atoms with Crippen LogP contribution in [0.2, 0.25) is 0 Å². The first-order chi connectivity index (χ1) is 26.7. The van der Waals surface area contributed by atoms with E-state index in [0.717, 1.165) is 10.5 Å². The number of nitrogens with zero attached hydrogens (tertiary/aromatic N) is 3. The van der Waals surface area contributed by atoms with E-state index in [4.69, 9.17) is 4.74 Å². The van der Waals surface area contributed by atoms with Crippen molar-refractivity contribution in [2.24, 2.45) is 11.8 Å². The number of carbonyl (C=O) groups excluding carboxylic acids is 3. The van der Waals surface area contributed by atoms with Gasteiger partial charge >= 0.3 is 12.3 Å². The van der Waals surface area contributed by atoms with E-state index >= 15 is 0 Å². The monoisotopic (exact) mass is 817 g/mol. The molecule has 13 nitrogen and oxygen atoms in total. The summed E-state index contributed by atoms with van der Waals surface area (Å²) in [5, 5.41) is 13.7. The van der Waals surface area contributed by atoms with E-state index in [1.807, 2.05) is 26.8 Å². The summed E-state index contributed by atoms with van der Waals surface area (Å²) in [5.74, 6) is -3.64. The number of carbonyl (C=O) groups is 4. The fourth-order valence-electron chi connectivity index (χ4n) is 8.70. The molecule has 1 saturated heterocycles. The third kappa shape index (κ3) is 7.67. The van der Waals surface area contributed by atoms with Crippen molar-refractivity contribution in [3.63, 3.8) is 0 Å². The van der Waals surface area contributed by atoms with Crippen LogP contribution in [0.4, 0.5) is 18.0 Å². The molecule has 2 aliphatic carbocycles. The number of hydrogen-bond acceptors (Lipinski definition) is 8. The number of nitrogens with one attached hydrogen (secondary N) is 2. The van der Waals surface area contributed by atoms with Crippen LogP contribution in [0.3, 0.4) is 0 Å². The molecule has 57 heavy (non-hydrogen) atoms. The van der Waals surface area contributed by atoms with Crippen molar-refractivity contribution in [1.29, 1.82) is 0 Å². The van der Waals surface area contributed by atoms with Crippen molar-refractivity contribution in [1.82, 2.24) is 24.8 Å². The summed E-state index contributed by atoms with van der Waals surface area (Å²) in [5.41, 5.74) is -3.16. The first-order valence-electron chi connectivity index (χ1n) is 19.7. The lowest BCUT2D eigenvalue weighted by Gasteiger charge is -2.38. The minimum Gasteiger partial charge on any atom is -0.483 e. The Balaban J connectivity index is 1.30. The number of hydrogen-bond donors (Lipinski definition) is 3. The average molecular weight is 818 g/mol. The van der Waals surface area contributed by atoms with Crippen molar-refractivity contribution in [2.75, 3.05) is 13.1 Å². The zero-order chi connectivity index (χ0) is 41.3. The lowest BCUT2D eigenvalue weighted by Crippen LogP contribution is -2.59. The number of sulfonamides is 1. The number of fused-ring (bicyclic) bond motifs is 5. The van der Waals surface area contributed by atoms with Gasteiger partial charge in [-0.05, 0) is 83.3 Å². The summed E-state index contributed by atoms with van der Waals surface area (Å²) < 4.78 is 78.0. The summed E-state index contributed by atoms with van der Waals surface area (Å²) >= 11 is 0. The topological polar surface area (TPSA) is 175 Å². The van der Waals surface area contributed by atoms with Crippen LogP contribution in [0.1, 0.15) is 102 Å². The molecule has 0 radical (unpaired) electrons. The maximum absolute atomic E-state index is 14.9. The van der Waals surface area contributed by atoms with Crippen LogP contribution in [-0.2, 0) is 37.0 Å². The quantitative estimate of drug-likeness (QED) is 0.313. The van der Waals surface area contributed by atoms with E-state index in [-0.39, 0.29) is 56.6 Å². The molecule has 1 aromatic carbocycles. The number of benzene rings is 1. The third-order valence-electron chi connectivity index (χ3n) is 12.4. The van der Waals surface area contributed by atoms with Gasteiger partial charge in [0.1, 0.15) is 23.2 Å². The van der Waals surface area contributed by atoms with Crippen molar-refractivity contribution >= 4 is 44.7 Å². The molecule has 2 saturated carbocycles. The Bertz CT molecular complexity index is 2140. The average Bonchev–Trinajstić information content (AvgIpc) is 4.02. The molecule has 3 N–H and O–H groups in total. The van der Waals surface area contributed by atoms with Gasteiger partial charge in [-0.3, -0.25) is 24.0 Å². The number of halogens is 3. The number of aryl methyl sites for hydroxylation is 2. The number of alkyl halides is 3. The van der Waals surface area contributed by atoms with Crippen LogP contribution in [0, 0.1) is 18.8 Å². The summed E-state index contributed by atoms with van der Waals surface area (Å²) in [6, 6.07) is 2.31. The largest absolute Gasteiger partial charge is 0.483 e. The summed E-state index contributed by atoms with van der Waals surface area (Å²) in [6.45, 7) is 6.64. The number of allylic oxidation sites excluding steroid dienone is 1. The van der Waals surface area contributed by atoms with Gasteiger partial charge in [0.05, 0.1) is 16.8 Å². The van der Waals surface area contributed by atoms with Gasteiger partial charge in [0.15, 0.2) is 11.4 Å². The maximum Gasteiger partial charge on any atom is 0.437 e. The molecule has 1 spiro atoms. The van der Waals surface area contributed by atoms with Crippen LogP contribution in [-0.4, -0.2) is 93.2 Å². The highest BCUT2D eigenvalue weighted by molar-refractivity contribution is 7.91. The van der Waals surface area contributed by atoms with E-state index in [1.54, 1.807) is 18.2 Å². The van der Waals surface area contributed by atoms with E-state index < -0.39 is 85.3 Å². The number of pyridine rings is 1. The third-order valence-corrected chi connectivity index (χ3v) is 14.5. The number of carboxylic acid groups (broad SMARTS) is 1. The Hall–Kier alpha value is -4.41. The molecule has 3 aliphatic heterocycles. The van der Waals surface area contributed by atoms with Gasteiger partial charge in [-0.1, -0.05) is 50.5 Å². The number of rotatable bonds is 6. The molecule has 7 rings (SSSR count). The van der Waals surface area contributed by atoms with Crippen molar-refractivity contribution in [3.05, 3.63) is 47.2 Å².